The Labute approximate surface area is 108 Å². The van der Waals surface area contributed by atoms with Crippen molar-refractivity contribution in [3.63, 3.8) is 0 Å². The summed E-state index contributed by atoms with van der Waals surface area (Å²) in [7, 11) is -5.71. The second kappa shape index (κ2) is 5.43. The molecule has 19 heavy (non-hydrogen) atoms. The summed E-state index contributed by atoms with van der Waals surface area (Å²) in [5, 5.41) is 0. The van der Waals surface area contributed by atoms with Crippen LogP contribution in [0.25, 0.3) is 12.2 Å². The molecule has 0 saturated heterocycles. The minimum Gasteiger partial charge on any atom is -0.375 e. The van der Waals surface area contributed by atoms with E-state index in [2.05, 4.69) is 15.7 Å². The van der Waals surface area contributed by atoms with Gasteiger partial charge in [-0.05, 0) is 13.0 Å². The molecule has 0 N–H and O–H groups in total. The number of halogens is 3. The van der Waals surface area contributed by atoms with Gasteiger partial charge >= 0.3 is 15.6 Å². The molecule has 0 bridgehead atoms. The topological polar surface area (TPSA) is 56.3 Å². The third-order valence-corrected chi connectivity index (χ3v) is 2.96. The van der Waals surface area contributed by atoms with Gasteiger partial charge in [0.15, 0.2) is 5.75 Å². The number of rotatable bonds is 4. The Morgan fingerprint density at radius 1 is 1.42 bits per heavy atom. The van der Waals surface area contributed by atoms with Gasteiger partial charge in [-0.1, -0.05) is 18.7 Å². The van der Waals surface area contributed by atoms with Crippen LogP contribution in [0.3, 0.4) is 0 Å². The molecule has 0 radical (unpaired) electrons. The van der Waals surface area contributed by atoms with Crippen LogP contribution in [-0.2, 0) is 10.1 Å². The number of alkyl halides is 3. The zero-order chi connectivity index (χ0) is 14.7. The maximum Gasteiger partial charge on any atom is 0.534 e. The smallest absolute Gasteiger partial charge is 0.375 e. The van der Waals surface area contributed by atoms with Crippen molar-refractivity contribution >= 4 is 22.3 Å². The second-order valence-corrected chi connectivity index (χ2v) is 4.83. The summed E-state index contributed by atoms with van der Waals surface area (Å²) in [6.45, 7) is 5.05. The van der Waals surface area contributed by atoms with Crippen LogP contribution < -0.4 is 4.18 Å². The van der Waals surface area contributed by atoms with E-state index in [-0.39, 0.29) is 11.3 Å². The summed E-state index contributed by atoms with van der Waals surface area (Å²) < 4.78 is 62.8. The van der Waals surface area contributed by atoms with Crippen LogP contribution in [0.5, 0.6) is 5.75 Å². The van der Waals surface area contributed by atoms with Crippen LogP contribution in [0.2, 0.25) is 0 Å². The van der Waals surface area contributed by atoms with Crippen molar-refractivity contribution in [2.24, 2.45) is 0 Å². The third kappa shape index (κ3) is 3.34. The first kappa shape index (κ1) is 15.2. The number of allylic oxidation sites excluding steroid dienone is 1. The second-order valence-electron chi connectivity index (χ2n) is 3.30. The average molecular weight is 293 g/mol. The Morgan fingerprint density at radius 2 is 2.05 bits per heavy atom. The molecule has 0 saturated carbocycles. The normalized spacial score (nSPS) is 12.6. The zero-order valence-corrected chi connectivity index (χ0v) is 10.6. The van der Waals surface area contributed by atoms with Gasteiger partial charge in [0.05, 0.1) is 5.69 Å². The largest absolute Gasteiger partial charge is 0.534 e. The molecular formula is C11H10F3NO3S. The monoisotopic (exact) mass is 293 g/mol. The van der Waals surface area contributed by atoms with Gasteiger partial charge in [-0.2, -0.15) is 21.6 Å². The first-order valence-corrected chi connectivity index (χ1v) is 6.38. The molecule has 4 nitrogen and oxygen atoms in total. The van der Waals surface area contributed by atoms with Gasteiger partial charge in [0, 0.05) is 17.8 Å². The third-order valence-electron chi connectivity index (χ3n) is 1.99. The van der Waals surface area contributed by atoms with Gasteiger partial charge in [-0.25, -0.2) is 0 Å². The highest BCUT2D eigenvalue weighted by atomic mass is 32.2. The van der Waals surface area contributed by atoms with Gasteiger partial charge in [0.25, 0.3) is 0 Å². The Morgan fingerprint density at radius 3 is 2.53 bits per heavy atom. The van der Waals surface area contributed by atoms with Crippen molar-refractivity contribution in [3.8, 4) is 5.75 Å². The van der Waals surface area contributed by atoms with Crippen molar-refractivity contribution in [2.45, 2.75) is 12.4 Å². The predicted octanol–water partition coefficient (Wildman–Crippen LogP) is 2.99. The molecular weight excluding hydrogens is 283 g/mol. The van der Waals surface area contributed by atoms with Gasteiger partial charge < -0.3 is 4.18 Å². The number of aromatic nitrogens is 1. The van der Waals surface area contributed by atoms with E-state index in [1.165, 1.54) is 18.2 Å². The Kier molecular flexibility index (Phi) is 4.35. The van der Waals surface area contributed by atoms with Crippen LogP contribution >= 0.6 is 0 Å². The van der Waals surface area contributed by atoms with Gasteiger partial charge in [-0.3, -0.25) is 4.98 Å². The maximum atomic E-state index is 12.3. The van der Waals surface area contributed by atoms with Crippen LogP contribution in [0.4, 0.5) is 13.2 Å². The lowest BCUT2D eigenvalue weighted by Crippen LogP contribution is -2.28. The van der Waals surface area contributed by atoms with E-state index in [4.69, 9.17) is 0 Å². The van der Waals surface area contributed by atoms with E-state index < -0.39 is 21.4 Å². The lowest BCUT2D eigenvalue weighted by molar-refractivity contribution is -0.0500. The van der Waals surface area contributed by atoms with Crippen molar-refractivity contribution < 1.29 is 25.8 Å². The van der Waals surface area contributed by atoms with Crippen molar-refractivity contribution in [2.75, 3.05) is 0 Å². The van der Waals surface area contributed by atoms with E-state index in [1.807, 2.05) is 0 Å². The van der Waals surface area contributed by atoms with Gasteiger partial charge in [0.1, 0.15) is 0 Å². The number of nitrogens with zero attached hydrogens (tertiary/aromatic N) is 1. The predicted molar refractivity (Wildman–Crippen MR) is 64.6 cm³/mol. The van der Waals surface area contributed by atoms with E-state index in [0.717, 1.165) is 12.3 Å². The fraction of sp³-hybridized carbons (Fsp3) is 0.182. The summed E-state index contributed by atoms with van der Waals surface area (Å²) in [5.74, 6) is -0.458. The minimum atomic E-state index is -5.71. The highest BCUT2D eigenvalue weighted by Gasteiger charge is 2.48. The van der Waals surface area contributed by atoms with Crippen LogP contribution in [-0.4, -0.2) is 18.9 Å². The summed E-state index contributed by atoms with van der Waals surface area (Å²) >= 11 is 0. The Balaban J connectivity index is 3.34. The highest BCUT2D eigenvalue weighted by molar-refractivity contribution is 7.88. The van der Waals surface area contributed by atoms with Crippen molar-refractivity contribution in [1.82, 2.24) is 4.98 Å². The fourth-order valence-corrected chi connectivity index (χ4v) is 1.68. The molecule has 0 aliphatic carbocycles. The average Bonchev–Trinajstić information content (AvgIpc) is 2.29. The lowest BCUT2D eigenvalue weighted by atomic mass is 10.1. The summed E-state index contributed by atoms with van der Waals surface area (Å²) in [5.41, 5.74) is -5.17. The quantitative estimate of drug-likeness (QED) is 0.632. The minimum absolute atomic E-state index is 0.104. The van der Waals surface area contributed by atoms with Crippen LogP contribution in [0, 0.1) is 0 Å². The molecule has 1 heterocycles. The SMILES string of the molecule is C=Cc1nccc(OS(=O)(=O)C(F)(F)F)c1/C=C\C. The van der Waals surface area contributed by atoms with Gasteiger partial charge in [0.2, 0.25) is 0 Å². The molecule has 0 aliphatic rings. The first-order valence-electron chi connectivity index (χ1n) is 4.98. The van der Waals surface area contributed by atoms with E-state index >= 15 is 0 Å². The maximum absolute atomic E-state index is 12.3. The van der Waals surface area contributed by atoms with Crippen molar-refractivity contribution in [3.05, 3.63) is 36.2 Å². The molecule has 0 spiro atoms. The first-order chi connectivity index (χ1) is 8.73. The molecule has 8 heteroatoms. The molecule has 0 aromatic carbocycles. The number of hydrogen-bond acceptors (Lipinski definition) is 4. The molecule has 1 aromatic rings. The van der Waals surface area contributed by atoms with E-state index in [0.29, 0.717) is 0 Å². The zero-order valence-electron chi connectivity index (χ0n) is 9.81. The molecule has 1 rings (SSSR count). The lowest BCUT2D eigenvalue weighted by Gasteiger charge is -2.12. The number of hydrogen-bond donors (Lipinski definition) is 0. The Bertz CT molecular complexity index is 606. The van der Waals surface area contributed by atoms with Crippen LogP contribution in [0.15, 0.2) is 24.9 Å². The molecule has 0 atom stereocenters. The molecule has 0 unspecified atom stereocenters. The van der Waals surface area contributed by atoms with Crippen molar-refractivity contribution in [1.29, 1.82) is 0 Å². The highest BCUT2D eigenvalue weighted by Crippen LogP contribution is 2.30. The molecule has 0 fully saturated rings. The summed E-state index contributed by atoms with van der Waals surface area (Å²) in [6, 6.07) is 1.03. The number of pyridine rings is 1. The van der Waals surface area contributed by atoms with Gasteiger partial charge in [-0.15, -0.1) is 0 Å². The molecule has 1 aromatic heterocycles. The van der Waals surface area contributed by atoms with E-state index in [9.17, 15) is 21.6 Å². The molecule has 0 amide bonds. The summed E-state index contributed by atoms with van der Waals surface area (Å²) in [4.78, 5) is 3.84. The fourth-order valence-electron chi connectivity index (χ4n) is 1.21. The standard InChI is InChI=1S/C11H10F3NO3S/c1-3-5-8-9(4-2)15-7-6-10(8)18-19(16,17)11(12,13)14/h3-7H,2H2,1H3/b5-3-. The Hall–Kier alpha value is -1.83. The molecule has 104 valence electrons. The van der Waals surface area contributed by atoms with Crippen LogP contribution in [0.1, 0.15) is 18.2 Å². The van der Waals surface area contributed by atoms with E-state index in [1.54, 1.807) is 6.92 Å². The molecule has 0 aliphatic heterocycles. The summed E-state index contributed by atoms with van der Waals surface area (Å²) in [6.07, 6.45) is 5.30.